The molecule has 2 aromatic rings. The molecule has 0 aliphatic carbocycles. The molecule has 2 N–H and O–H groups in total. The predicted octanol–water partition coefficient (Wildman–Crippen LogP) is -0.451. The van der Waals surface area contributed by atoms with Crippen LogP contribution in [0.1, 0.15) is 0 Å². The van der Waals surface area contributed by atoms with Crippen LogP contribution in [0.2, 0.25) is 0 Å². The minimum atomic E-state index is -2.33. The minimum absolute atomic E-state index is 0.0484. The molecular formula is C6H5N4O2S-. The summed E-state index contributed by atoms with van der Waals surface area (Å²) in [5.41, 5.74) is 5.77. The van der Waals surface area contributed by atoms with Crippen molar-refractivity contribution in [2.75, 3.05) is 5.73 Å². The van der Waals surface area contributed by atoms with Gasteiger partial charge in [-0.3, -0.25) is 4.21 Å². The molecule has 13 heavy (non-hydrogen) atoms. The van der Waals surface area contributed by atoms with Crippen LogP contribution in [0.5, 0.6) is 0 Å². The van der Waals surface area contributed by atoms with Gasteiger partial charge in [0, 0.05) is 6.20 Å². The molecule has 0 bridgehead atoms. The van der Waals surface area contributed by atoms with E-state index in [-0.39, 0.29) is 10.5 Å². The summed E-state index contributed by atoms with van der Waals surface area (Å²) in [6.45, 7) is 0. The topological polar surface area (TPSA) is 96.3 Å². The summed E-state index contributed by atoms with van der Waals surface area (Å²) in [6, 6.07) is 1.54. The number of hydrogen-bond acceptors (Lipinski definition) is 5. The summed E-state index contributed by atoms with van der Waals surface area (Å²) >= 11 is -2.33. The van der Waals surface area contributed by atoms with E-state index in [9.17, 15) is 8.76 Å². The van der Waals surface area contributed by atoms with Crippen LogP contribution in [0.3, 0.4) is 0 Å². The molecule has 1 unspecified atom stereocenters. The average Bonchev–Trinajstić information content (AvgIpc) is 2.48. The standard InChI is InChI=1S/C6H6N4O2S/c7-5-1-2-8-6-4(13(11)12)3-9-10(5)6/h1-3H,7H2,(H,11,12)/p-1. The first-order valence-corrected chi connectivity index (χ1v) is 4.45. The van der Waals surface area contributed by atoms with Crippen LogP contribution in [-0.4, -0.2) is 23.4 Å². The Hall–Kier alpha value is -1.47. The Kier molecular flexibility index (Phi) is 1.74. The average molecular weight is 197 g/mol. The van der Waals surface area contributed by atoms with Crippen LogP contribution in [0, 0.1) is 0 Å². The van der Waals surface area contributed by atoms with Crippen molar-refractivity contribution < 1.29 is 8.76 Å². The molecule has 0 aromatic carbocycles. The predicted molar refractivity (Wildman–Crippen MR) is 44.6 cm³/mol. The third-order valence-electron chi connectivity index (χ3n) is 1.58. The second-order valence-electron chi connectivity index (χ2n) is 2.35. The van der Waals surface area contributed by atoms with Crippen molar-refractivity contribution >= 4 is 22.5 Å². The number of aromatic nitrogens is 3. The van der Waals surface area contributed by atoms with E-state index in [0.717, 1.165) is 0 Å². The first-order valence-electron chi connectivity index (χ1n) is 3.37. The molecule has 0 amide bonds. The number of anilines is 1. The molecule has 2 aromatic heterocycles. The van der Waals surface area contributed by atoms with Gasteiger partial charge in [-0.05, 0) is 17.1 Å². The van der Waals surface area contributed by atoms with E-state index in [1.165, 1.54) is 23.0 Å². The van der Waals surface area contributed by atoms with Crippen LogP contribution < -0.4 is 5.73 Å². The van der Waals surface area contributed by atoms with Crippen molar-refractivity contribution in [1.29, 1.82) is 0 Å². The van der Waals surface area contributed by atoms with E-state index in [2.05, 4.69) is 10.1 Å². The first-order chi connectivity index (χ1) is 6.20. The highest BCUT2D eigenvalue weighted by Gasteiger charge is 2.06. The van der Waals surface area contributed by atoms with Gasteiger partial charge < -0.3 is 10.3 Å². The Morgan fingerprint density at radius 2 is 2.38 bits per heavy atom. The normalized spacial score (nSPS) is 13.3. The van der Waals surface area contributed by atoms with Crippen molar-refractivity contribution in [3.8, 4) is 0 Å². The fraction of sp³-hybridized carbons (Fsp3) is 0. The molecule has 0 saturated heterocycles. The van der Waals surface area contributed by atoms with Gasteiger partial charge >= 0.3 is 0 Å². The van der Waals surface area contributed by atoms with Crippen LogP contribution in [0.25, 0.3) is 5.65 Å². The molecule has 7 heteroatoms. The maximum Gasteiger partial charge on any atom is 0.172 e. The van der Waals surface area contributed by atoms with Crippen molar-refractivity contribution in [2.45, 2.75) is 4.90 Å². The summed E-state index contributed by atoms with van der Waals surface area (Å²) < 4.78 is 22.6. The third kappa shape index (κ3) is 1.18. The molecule has 68 valence electrons. The molecule has 0 spiro atoms. The smallest absolute Gasteiger partial charge is 0.172 e. The van der Waals surface area contributed by atoms with E-state index in [1.54, 1.807) is 0 Å². The molecule has 2 heterocycles. The number of nitrogens with zero attached hydrogens (tertiary/aromatic N) is 3. The number of nitrogens with two attached hydrogens (primary N) is 1. The van der Waals surface area contributed by atoms with E-state index in [0.29, 0.717) is 5.82 Å². The molecule has 0 aliphatic heterocycles. The maximum absolute atomic E-state index is 10.7. The van der Waals surface area contributed by atoms with E-state index >= 15 is 0 Å². The van der Waals surface area contributed by atoms with Crippen LogP contribution in [0.4, 0.5) is 5.82 Å². The number of rotatable bonds is 1. The highest BCUT2D eigenvalue weighted by Crippen LogP contribution is 2.13. The van der Waals surface area contributed by atoms with E-state index in [4.69, 9.17) is 5.73 Å². The third-order valence-corrected chi connectivity index (χ3v) is 2.22. The lowest BCUT2D eigenvalue weighted by Crippen LogP contribution is -1.99. The summed E-state index contributed by atoms with van der Waals surface area (Å²) in [6.07, 6.45) is 2.64. The van der Waals surface area contributed by atoms with Crippen molar-refractivity contribution in [3.05, 3.63) is 18.5 Å². The number of nitrogen functional groups attached to an aromatic ring is 1. The lowest BCUT2D eigenvalue weighted by Gasteiger charge is -2.01. The molecular weight excluding hydrogens is 192 g/mol. The monoisotopic (exact) mass is 197 g/mol. The fourth-order valence-electron chi connectivity index (χ4n) is 1.01. The Balaban J connectivity index is 2.83. The maximum atomic E-state index is 10.7. The molecule has 0 aliphatic rings. The second-order valence-corrected chi connectivity index (χ2v) is 3.26. The molecule has 6 nitrogen and oxygen atoms in total. The molecule has 0 radical (unpaired) electrons. The van der Waals surface area contributed by atoms with Gasteiger partial charge in [0.15, 0.2) is 5.65 Å². The fourth-order valence-corrected chi connectivity index (χ4v) is 1.43. The van der Waals surface area contributed by atoms with Crippen molar-refractivity contribution in [3.63, 3.8) is 0 Å². The highest BCUT2D eigenvalue weighted by atomic mass is 32.2. The van der Waals surface area contributed by atoms with Gasteiger partial charge in [-0.15, -0.1) is 0 Å². The van der Waals surface area contributed by atoms with Crippen LogP contribution in [-0.2, 0) is 11.1 Å². The lowest BCUT2D eigenvalue weighted by molar-refractivity contribution is 0.538. The minimum Gasteiger partial charge on any atom is -0.768 e. The summed E-state index contributed by atoms with van der Waals surface area (Å²) in [4.78, 5) is 3.90. The van der Waals surface area contributed by atoms with Crippen LogP contribution in [0.15, 0.2) is 23.4 Å². The Labute approximate surface area is 75.7 Å². The molecule has 2 rings (SSSR count). The Morgan fingerprint density at radius 3 is 3.08 bits per heavy atom. The van der Waals surface area contributed by atoms with Gasteiger partial charge in [-0.25, -0.2) is 4.98 Å². The second kappa shape index (κ2) is 2.79. The molecule has 1 atom stereocenters. The Morgan fingerprint density at radius 1 is 1.62 bits per heavy atom. The summed E-state index contributed by atoms with van der Waals surface area (Å²) in [5, 5.41) is 3.78. The van der Waals surface area contributed by atoms with Crippen molar-refractivity contribution in [1.82, 2.24) is 14.6 Å². The van der Waals surface area contributed by atoms with Gasteiger partial charge in [0.25, 0.3) is 0 Å². The zero-order valence-electron chi connectivity index (χ0n) is 6.38. The van der Waals surface area contributed by atoms with Gasteiger partial charge in [0.1, 0.15) is 5.82 Å². The zero-order valence-corrected chi connectivity index (χ0v) is 7.19. The summed E-state index contributed by atoms with van der Waals surface area (Å²) in [5.74, 6) is 0.349. The number of hydrogen-bond donors (Lipinski definition) is 1. The lowest BCUT2D eigenvalue weighted by atomic mass is 10.5. The zero-order chi connectivity index (χ0) is 9.42. The van der Waals surface area contributed by atoms with Gasteiger partial charge in [0.2, 0.25) is 0 Å². The Bertz CT molecular complexity index is 480. The molecule has 0 saturated carbocycles. The number of fused-ring (bicyclic) bond motifs is 1. The van der Waals surface area contributed by atoms with E-state index in [1.807, 2.05) is 0 Å². The quantitative estimate of drug-likeness (QED) is 0.624. The van der Waals surface area contributed by atoms with Gasteiger partial charge in [0.05, 0.1) is 11.1 Å². The highest BCUT2D eigenvalue weighted by molar-refractivity contribution is 7.79. The van der Waals surface area contributed by atoms with Gasteiger partial charge in [-0.1, -0.05) is 0 Å². The largest absolute Gasteiger partial charge is 0.768 e. The van der Waals surface area contributed by atoms with E-state index < -0.39 is 11.1 Å². The van der Waals surface area contributed by atoms with Crippen LogP contribution >= 0.6 is 0 Å². The van der Waals surface area contributed by atoms with Gasteiger partial charge in [-0.2, -0.15) is 9.61 Å². The SMILES string of the molecule is Nc1ccnc2c(S(=O)[O-])cnn12. The summed E-state index contributed by atoms with van der Waals surface area (Å²) in [7, 11) is 0. The first kappa shape index (κ1) is 8.14. The molecule has 0 fully saturated rings. The van der Waals surface area contributed by atoms with Crippen molar-refractivity contribution in [2.24, 2.45) is 0 Å².